The SMILES string of the molecule is CSCCCCCCNS(=O)(=O)c1ccc(CO)cc1Br. The fourth-order valence-corrected chi connectivity index (χ4v) is 4.56. The third-order valence-electron chi connectivity index (χ3n) is 3.04. The summed E-state index contributed by atoms with van der Waals surface area (Å²) in [6, 6.07) is 4.75. The Morgan fingerprint density at radius 3 is 2.57 bits per heavy atom. The van der Waals surface area contributed by atoms with Crippen molar-refractivity contribution in [3.8, 4) is 0 Å². The first-order valence-corrected chi connectivity index (χ1v) is 10.6. The zero-order valence-electron chi connectivity index (χ0n) is 12.1. The van der Waals surface area contributed by atoms with Gasteiger partial charge >= 0.3 is 0 Å². The van der Waals surface area contributed by atoms with E-state index >= 15 is 0 Å². The number of rotatable bonds is 10. The lowest BCUT2D eigenvalue weighted by Crippen LogP contribution is -2.25. The molecule has 21 heavy (non-hydrogen) atoms. The maximum Gasteiger partial charge on any atom is 0.241 e. The molecule has 0 unspecified atom stereocenters. The predicted molar refractivity (Wildman–Crippen MR) is 92.1 cm³/mol. The Balaban J connectivity index is 2.46. The van der Waals surface area contributed by atoms with Crippen LogP contribution in [0.2, 0.25) is 0 Å². The molecule has 1 rings (SSSR count). The molecular weight excluding hydrogens is 374 g/mol. The van der Waals surface area contributed by atoms with Crippen molar-refractivity contribution in [1.29, 1.82) is 0 Å². The zero-order chi connectivity index (χ0) is 15.7. The van der Waals surface area contributed by atoms with Crippen LogP contribution in [0.25, 0.3) is 0 Å². The van der Waals surface area contributed by atoms with Gasteiger partial charge < -0.3 is 5.11 Å². The lowest BCUT2D eigenvalue weighted by Gasteiger charge is -2.09. The normalized spacial score (nSPS) is 11.8. The van der Waals surface area contributed by atoms with Gasteiger partial charge in [0.15, 0.2) is 0 Å². The molecule has 0 radical (unpaired) electrons. The summed E-state index contributed by atoms with van der Waals surface area (Å²) >= 11 is 5.08. The van der Waals surface area contributed by atoms with E-state index in [2.05, 4.69) is 26.9 Å². The molecule has 7 heteroatoms. The second-order valence-corrected chi connectivity index (χ2v) is 8.30. The number of sulfonamides is 1. The van der Waals surface area contributed by atoms with E-state index in [1.807, 2.05) is 11.8 Å². The average molecular weight is 396 g/mol. The van der Waals surface area contributed by atoms with Gasteiger partial charge in [-0.3, -0.25) is 0 Å². The molecule has 120 valence electrons. The van der Waals surface area contributed by atoms with Crippen LogP contribution >= 0.6 is 27.7 Å². The highest BCUT2D eigenvalue weighted by Crippen LogP contribution is 2.23. The van der Waals surface area contributed by atoms with E-state index in [1.54, 1.807) is 12.1 Å². The first kappa shape index (κ1) is 19.0. The molecule has 4 nitrogen and oxygen atoms in total. The van der Waals surface area contributed by atoms with Crippen LogP contribution in [0.15, 0.2) is 27.6 Å². The van der Waals surface area contributed by atoms with E-state index in [1.165, 1.54) is 12.5 Å². The lowest BCUT2D eigenvalue weighted by molar-refractivity contribution is 0.281. The van der Waals surface area contributed by atoms with Crippen molar-refractivity contribution in [3.05, 3.63) is 28.2 Å². The van der Waals surface area contributed by atoms with Gasteiger partial charge in [0.1, 0.15) is 0 Å². The van der Waals surface area contributed by atoms with Crippen LogP contribution in [0.3, 0.4) is 0 Å². The second kappa shape index (κ2) is 9.84. The Morgan fingerprint density at radius 2 is 1.95 bits per heavy atom. The van der Waals surface area contributed by atoms with E-state index in [0.717, 1.165) is 25.0 Å². The quantitative estimate of drug-likeness (QED) is 0.597. The number of benzene rings is 1. The minimum absolute atomic E-state index is 0.109. The third kappa shape index (κ3) is 6.69. The van der Waals surface area contributed by atoms with Crippen LogP contribution in [-0.2, 0) is 16.6 Å². The molecule has 0 heterocycles. The summed E-state index contributed by atoms with van der Waals surface area (Å²) in [5.41, 5.74) is 0.676. The van der Waals surface area contributed by atoms with Gasteiger partial charge in [-0.15, -0.1) is 0 Å². The van der Waals surface area contributed by atoms with Gasteiger partial charge in [-0.05, 0) is 58.5 Å². The molecule has 0 aromatic heterocycles. The highest BCUT2D eigenvalue weighted by Gasteiger charge is 2.17. The molecule has 0 atom stereocenters. The molecule has 2 N–H and O–H groups in total. The summed E-state index contributed by atoms with van der Waals surface area (Å²) in [5, 5.41) is 9.03. The number of aliphatic hydroxyl groups excluding tert-OH is 1. The number of hydrogen-bond donors (Lipinski definition) is 2. The van der Waals surface area contributed by atoms with Gasteiger partial charge in [-0.2, -0.15) is 11.8 Å². The molecule has 0 saturated heterocycles. The van der Waals surface area contributed by atoms with Crippen molar-refractivity contribution in [3.63, 3.8) is 0 Å². The molecule has 0 aliphatic heterocycles. The van der Waals surface area contributed by atoms with E-state index in [4.69, 9.17) is 5.11 Å². The third-order valence-corrected chi connectivity index (χ3v) is 6.17. The molecular formula is C14H22BrNO3S2. The van der Waals surface area contributed by atoms with E-state index in [-0.39, 0.29) is 11.5 Å². The lowest BCUT2D eigenvalue weighted by atomic mass is 10.2. The maximum absolute atomic E-state index is 12.2. The molecule has 0 aliphatic rings. The topological polar surface area (TPSA) is 66.4 Å². The van der Waals surface area contributed by atoms with Gasteiger partial charge in [0.25, 0.3) is 0 Å². The van der Waals surface area contributed by atoms with E-state index in [0.29, 0.717) is 16.6 Å². The van der Waals surface area contributed by atoms with Crippen LogP contribution in [0.1, 0.15) is 31.2 Å². The summed E-state index contributed by atoms with van der Waals surface area (Å²) in [6.45, 7) is 0.345. The molecule has 0 saturated carbocycles. The predicted octanol–water partition coefficient (Wildman–Crippen LogP) is 3.14. The molecule has 0 amide bonds. The summed E-state index contributed by atoms with van der Waals surface area (Å²) in [6.07, 6.45) is 6.29. The summed E-state index contributed by atoms with van der Waals surface area (Å²) < 4.78 is 27.5. The Morgan fingerprint density at radius 1 is 1.24 bits per heavy atom. The fraction of sp³-hybridized carbons (Fsp3) is 0.571. The van der Waals surface area contributed by atoms with Gasteiger partial charge in [0.05, 0.1) is 11.5 Å². The minimum Gasteiger partial charge on any atom is -0.392 e. The molecule has 0 spiro atoms. The number of aliphatic hydroxyl groups is 1. The van der Waals surface area contributed by atoms with Crippen LogP contribution in [0.4, 0.5) is 0 Å². The van der Waals surface area contributed by atoms with Gasteiger partial charge in [-0.25, -0.2) is 13.1 Å². The molecule has 0 fully saturated rings. The Labute approximate surface area is 139 Å². The van der Waals surface area contributed by atoms with Crippen molar-refractivity contribution in [2.75, 3.05) is 18.6 Å². The van der Waals surface area contributed by atoms with Crippen molar-refractivity contribution < 1.29 is 13.5 Å². The number of thioether (sulfide) groups is 1. The highest BCUT2D eigenvalue weighted by atomic mass is 79.9. The van der Waals surface area contributed by atoms with E-state index in [9.17, 15) is 8.42 Å². The van der Waals surface area contributed by atoms with Crippen LogP contribution in [-0.4, -0.2) is 32.1 Å². The Hall–Kier alpha value is -0.0800. The molecule has 0 aliphatic carbocycles. The van der Waals surface area contributed by atoms with Gasteiger partial charge in [0.2, 0.25) is 10.0 Å². The van der Waals surface area contributed by atoms with Crippen molar-refractivity contribution in [2.24, 2.45) is 0 Å². The smallest absolute Gasteiger partial charge is 0.241 e. The Bertz CT molecular complexity index is 535. The van der Waals surface area contributed by atoms with E-state index < -0.39 is 10.0 Å². The standard InChI is InChI=1S/C14H22BrNO3S2/c1-20-9-5-3-2-4-8-16-21(18,19)14-7-6-12(11-17)10-13(14)15/h6-7,10,16-17H,2-5,8-9,11H2,1H3. The zero-order valence-corrected chi connectivity index (χ0v) is 15.4. The molecule has 1 aromatic carbocycles. The number of halogens is 1. The van der Waals surface area contributed by atoms with Gasteiger partial charge in [-0.1, -0.05) is 18.9 Å². The maximum atomic E-state index is 12.2. The van der Waals surface area contributed by atoms with Crippen molar-refractivity contribution in [1.82, 2.24) is 4.72 Å². The van der Waals surface area contributed by atoms with Crippen LogP contribution in [0, 0.1) is 0 Å². The van der Waals surface area contributed by atoms with Gasteiger partial charge in [0, 0.05) is 11.0 Å². The molecule has 1 aromatic rings. The van der Waals surface area contributed by atoms with Crippen molar-refractivity contribution in [2.45, 2.75) is 37.2 Å². The largest absolute Gasteiger partial charge is 0.392 e. The first-order chi connectivity index (χ1) is 10.0. The van der Waals surface area contributed by atoms with Crippen molar-refractivity contribution >= 4 is 37.7 Å². The summed E-state index contributed by atoms with van der Waals surface area (Å²) in [5.74, 6) is 1.16. The minimum atomic E-state index is -3.50. The highest BCUT2D eigenvalue weighted by molar-refractivity contribution is 9.10. The second-order valence-electron chi connectivity index (χ2n) is 4.73. The summed E-state index contributed by atoms with van der Waals surface area (Å²) in [7, 11) is -3.50. The summed E-state index contributed by atoms with van der Waals surface area (Å²) in [4.78, 5) is 0.210. The fourth-order valence-electron chi connectivity index (χ4n) is 1.87. The monoisotopic (exact) mass is 395 g/mol. The number of unbranched alkanes of at least 4 members (excludes halogenated alkanes) is 3. The van der Waals surface area contributed by atoms with Crippen LogP contribution < -0.4 is 4.72 Å². The first-order valence-electron chi connectivity index (χ1n) is 6.89. The average Bonchev–Trinajstić information content (AvgIpc) is 2.45. The van der Waals surface area contributed by atoms with Crippen LogP contribution in [0.5, 0.6) is 0 Å². The molecule has 0 bridgehead atoms. The number of hydrogen-bond acceptors (Lipinski definition) is 4. The Kier molecular flexibility index (Phi) is 8.89. The number of nitrogens with one attached hydrogen (secondary N) is 1.